The van der Waals surface area contributed by atoms with Gasteiger partial charge in [-0.2, -0.15) is 13.2 Å². The van der Waals surface area contributed by atoms with Crippen molar-refractivity contribution < 1.29 is 25.6 Å². The lowest BCUT2D eigenvalue weighted by atomic mass is 10.2. The van der Waals surface area contributed by atoms with Crippen LogP contribution >= 0.6 is 11.8 Å². The maximum atomic E-state index is 12.7. The minimum absolute atomic E-state index is 0. The average molecular weight is 341 g/mol. The molecule has 0 bridgehead atoms. The highest BCUT2D eigenvalue weighted by atomic mass is 35.5. The van der Waals surface area contributed by atoms with E-state index in [1.54, 1.807) is 6.07 Å². The van der Waals surface area contributed by atoms with Crippen LogP contribution in [0.3, 0.4) is 0 Å². The van der Waals surface area contributed by atoms with Crippen molar-refractivity contribution in [2.45, 2.75) is 18.0 Å². The van der Waals surface area contributed by atoms with Gasteiger partial charge in [-0.3, -0.25) is 0 Å². The second-order valence-corrected chi connectivity index (χ2v) is 7.36. The van der Waals surface area contributed by atoms with Crippen molar-refractivity contribution in [3.63, 3.8) is 0 Å². The third kappa shape index (κ3) is 2.76. The number of benzene rings is 1. The summed E-state index contributed by atoms with van der Waals surface area (Å²) in [7, 11) is 0. The summed E-state index contributed by atoms with van der Waals surface area (Å²) < 4.78 is 42.7. The second-order valence-electron chi connectivity index (χ2n) is 4.26. The fourth-order valence-corrected chi connectivity index (χ4v) is 4.75. The first-order valence-corrected chi connectivity index (χ1v) is 8.25. The summed E-state index contributed by atoms with van der Waals surface area (Å²) in [5.41, 5.74) is 0.268. The molecule has 1 unspecified atom stereocenters. The molecule has 0 spiro atoms. The Morgan fingerprint density at radius 1 is 1.40 bits per heavy atom. The highest BCUT2D eigenvalue weighted by Crippen LogP contribution is 2.44. The Hall–Kier alpha value is -0.530. The molecule has 0 aromatic heterocycles. The lowest BCUT2D eigenvalue weighted by molar-refractivity contribution is -0.137. The van der Waals surface area contributed by atoms with Crippen LogP contribution in [0.5, 0.6) is 0 Å². The summed E-state index contributed by atoms with van der Waals surface area (Å²) in [5.74, 6) is 1.99. The monoisotopic (exact) mass is 340 g/mol. The number of fused-ring (bicyclic) bond motifs is 3. The Morgan fingerprint density at radius 3 is 2.80 bits per heavy atom. The normalized spacial score (nSPS) is 20.9. The van der Waals surface area contributed by atoms with E-state index in [4.69, 9.17) is 0 Å². The Bertz CT molecular complexity index is 548. The van der Waals surface area contributed by atoms with Gasteiger partial charge in [-0.25, -0.2) is 0 Å². The van der Waals surface area contributed by atoms with Crippen molar-refractivity contribution in [3.8, 4) is 0 Å². The molecule has 0 radical (unpaired) electrons. The van der Waals surface area contributed by atoms with Gasteiger partial charge in [0.25, 0.3) is 0 Å². The van der Waals surface area contributed by atoms with E-state index in [-0.39, 0.29) is 23.5 Å². The first-order valence-electron chi connectivity index (χ1n) is 5.92. The second kappa shape index (κ2) is 5.69. The molecule has 0 fully saturated rings. The summed E-state index contributed by atoms with van der Waals surface area (Å²) in [6.45, 7) is 2.94. The van der Waals surface area contributed by atoms with Crippen LogP contribution in [0.1, 0.15) is 12.5 Å². The molecule has 0 aliphatic carbocycles. The van der Waals surface area contributed by atoms with E-state index in [1.165, 1.54) is 17.8 Å². The molecule has 1 aromatic rings. The van der Waals surface area contributed by atoms with Gasteiger partial charge in [-0.1, -0.05) is 0 Å². The molecule has 0 saturated heterocycles. The van der Waals surface area contributed by atoms with Crippen molar-refractivity contribution in [1.82, 2.24) is 0 Å². The van der Waals surface area contributed by atoms with Gasteiger partial charge in [0, 0.05) is 4.90 Å². The number of halogens is 4. The zero-order valence-electron chi connectivity index (χ0n) is 10.6. The van der Waals surface area contributed by atoms with Gasteiger partial charge in [-0.15, -0.1) is 0 Å². The fourth-order valence-electron chi connectivity index (χ4n) is 2.10. The van der Waals surface area contributed by atoms with Gasteiger partial charge in [0.15, 0.2) is 5.75 Å². The van der Waals surface area contributed by atoms with Crippen LogP contribution in [0.2, 0.25) is 0 Å². The van der Waals surface area contributed by atoms with Crippen molar-refractivity contribution >= 4 is 33.7 Å². The molecule has 3 rings (SSSR count). The average Bonchev–Trinajstić information content (AvgIpc) is 2.73. The topological polar surface area (TPSA) is 15.6 Å². The number of amidine groups is 1. The smallest absolute Gasteiger partial charge is 0.416 e. The molecule has 2 nitrogen and oxygen atoms in total. The minimum Gasteiger partial charge on any atom is -1.00 e. The maximum absolute atomic E-state index is 12.7. The van der Waals surface area contributed by atoms with Crippen LogP contribution in [0.25, 0.3) is 0 Å². The largest absolute Gasteiger partial charge is 1.00 e. The zero-order chi connectivity index (χ0) is 13.6. The van der Waals surface area contributed by atoms with Crippen LogP contribution in [-0.4, -0.2) is 23.2 Å². The van der Waals surface area contributed by atoms with Crippen LogP contribution in [0.15, 0.2) is 27.5 Å². The Kier molecular flexibility index (Phi) is 4.51. The minimum atomic E-state index is -4.28. The predicted molar refractivity (Wildman–Crippen MR) is 74.9 cm³/mol. The van der Waals surface area contributed by atoms with Gasteiger partial charge >= 0.3 is 6.18 Å². The molecule has 1 aromatic carbocycles. The molecule has 20 heavy (non-hydrogen) atoms. The standard InChI is InChI=1S/C12H12F3N2S2.ClH/c1-2-19-6-5-17-9-4-3-8(12(13,14)15)7-10(9)18-11(17)16-19;/h3-4,7H,2,5-6H2,1H3;1H/q+1;/p-1. The number of hydrogen-bond acceptors (Lipinski definition) is 3. The lowest BCUT2D eigenvalue weighted by Gasteiger charge is -2.21. The molecule has 2 heterocycles. The third-order valence-corrected chi connectivity index (χ3v) is 6.01. The van der Waals surface area contributed by atoms with Crippen LogP contribution < -0.4 is 17.3 Å². The van der Waals surface area contributed by atoms with E-state index in [9.17, 15) is 13.2 Å². The number of rotatable bonds is 1. The zero-order valence-corrected chi connectivity index (χ0v) is 13.0. The summed E-state index contributed by atoms with van der Waals surface area (Å²) in [6, 6.07) is 3.94. The third-order valence-electron chi connectivity index (χ3n) is 3.10. The van der Waals surface area contributed by atoms with Gasteiger partial charge in [0.2, 0.25) is 5.17 Å². The SMILES string of the molecule is CC[S+]1CCN2C(=N1)Sc1cc(C(F)(F)F)ccc12.[Cl-]. The first kappa shape index (κ1) is 15.9. The molecule has 0 amide bonds. The van der Waals surface area contributed by atoms with E-state index >= 15 is 0 Å². The number of alkyl halides is 3. The molecule has 0 saturated carbocycles. The van der Waals surface area contributed by atoms with E-state index in [0.717, 1.165) is 35.0 Å². The summed E-state index contributed by atoms with van der Waals surface area (Å²) in [4.78, 5) is 2.69. The number of thioether (sulfide) groups is 1. The summed E-state index contributed by atoms with van der Waals surface area (Å²) in [5, 5.41) is 0.853. The van der Waals surface area contributed by atoms with E-state index in [0.29, 0.717) is 4.90 Å². The molecule has 110 valence electrons. The highest BCUT2D eigenvalue weighted by molar-refractivity contribution is 8.15. The lowest BCUT2D eigenvalue weighted by Crippen LogP contribution is -3.00. The van der Waals surface area contributed by atoms with Gasteiger partial charge in [0.05, 0.1) is 17.8 Å². The van der Waals surface area contributed by atoms with E-state index < -0.39 is 11.7 Å². The first-order chi connectivity index (χ1) is 8.99. The summed E-state index contributed by atoms with van der Waals surface area (Å²) in [6.07, 6.45) is -4.28. The predicted octanol–water partition coefficient (Wildman–Crippen LogP) is 0.544. The number of nitrogens with zero attached hydrogens (tertiary/aromatic N) is 2. The number of hydrogen-bond donors (Lipinski definition) is 0. The molecule has 0 N–H and O–H groups in total. The summed E-state index contributed by atoms with van der Waals surface area (Å²) >= 11 is 1.38. The van der Waals surface area contributed by atoms with Crippen molar-refractivity contribution in [2.24, 2.45) is 4.40 Å². The Morgan fingerprint density at radius 2 is 2.15 bits per heavy atom. The molecule has 1 atom stereocenters. The van der Waals surface area contributed by atoms with Crippen molar-refractivity contribution in [3.05, 3.63) is 23.8 Å². The van der Waals surface area contributed by atoms with Crippen molar-refractivity contribution in [1.29, 1.82) is 0 Å². The molecule has 2 aliphatic heterocycles. The van der Waals surface area contributed by atoms with Crippen LogP contribution in [-0.2, 0) is 17.3 Å². The Balaban J connectivity index is 0.00000147. The molecule has 2 aliphatic rings. The van der Waals surface area contributed by atoms with E-state index in [2.05, 4.69) is 11.3 Å². The molecular formula is C12H12ClF3N2S2. The molecule has 8 heteroatoms. The quantitative estimate of drug-likeness (QED) is 0.694. The van der Waals surface area contributed by atoms with Gasteiger partial charge in [-0.05, 0) is 41.3 Å². The van der Waals surface area contributed by atoms with Crippen LogP contribution in [0.4, 0.5) is 18.9 Å². The van der Waals surface area contributed by atoms with Crippen molar-refractivity contribution in [2.75, 3.05) is 23.0 Å². The Labute approximate surface area is 128 Å². The highest BCUT2D eigenvalue weighted by Gasteiger charge is 2.38. The maximum Gasteiger partial charge on any atom is 0.416 e. The van der Waals surface area contributed by atoms with Crippen LogP contribution in [0, 0.1) is 0 Å². The van der Waals surface area contributed by atoms with Gasteiger partial charge in [0.1, 0.15) is 16.8 Å². The molecular weight excluding hydrogens is 329 g/mol. The van der Waals surface area contributed by atoms with E-state index in [1.807, 2.05) is 4.90 Å². The van der Waals surface area contributed by atoms with Gasteiger partial charge < -0.3 is 17.3 Å². The fraction of sp³-hybridized carbons (Fsp3) is 0.417. The number of anilines is 1.